The van der Waals surface area contributed by atoms with E-state index in [0.717, 1.165) is 29.4 Å². The Morgan fingerprint density at radius 3 is 2.62 bits per heavy atom. The summed E-state index contributed by atoms with van der Waals surface area (Å²) in [6, 6.07) is 7.98. The zero-order valence-electron chi connectivity index (χ0n) is 9.45. The summed E-state index contributed by atoms with van der Waals surface area (Å²) < 4.78 is 1.01. The molecule has 1 saturated heterocycles. The minimum absolute atomic E-state index is 0.166. The summed E-state index contributed by atoms with van der Waals surface area (Å²) in [6.45, 7) is 3.03. The first-order chi connectivity index (χ1) is 7.68. The van der Waals surface area contributed by atoms with Crippen molar-refractivity contribution in [2.24, 2.45) is 0 Å². The van der Waals surface area contributed by atoms with E-state index in [-0.39, 0.29) is 5.91 Å². The molecule has 0 unspecified atom stereocenters. The molecule has 1 aromatic carbocycles. The van der Waals surface area contributed by atoms with E-state index in [1.54, 1.807) is 0 Å². The average molecular weight is 282 g/mol. The Hall–Kier alpha value is -0.830. The Bertz CT molecular complexity index is 374. The van der Waals surface area contributed by atoms with Gasteiger partial charge in [-0.25, -0.2) is 0 Å². The third-order valence-electron chi connectivity index (χ3n) is 3.16. The molecule has 1 aliphatic rings. The van der Waals surface area contributed by atoms with Gasteiger partial charge in [0.25, 0.3) is 5.91 Å². The van der Waals surface area contributed by atoms with Crippen LogP contribution in [0.2, 0.25) is 0 Å². The van der Waals surface area contributed by atoms with Crippen LogP contribution in [0, 0.1) is 0 Å². The van der Waals surface area contributed by atoms with E-state index in [0.29, 0.717) is 6.04 Å². The molecular weight excluding hydrogens is 266 g/mol. The molecule has 1 aromatic rings. The van der Waals surface area contributed by atoms with Crippen molar-refractivity contribution in [1.29, 1.82) is 0 Å². The molecule has 1 heterocycles. The second-order valence-corrected chi connectivity index (χ2v) is 5.27. The smallest absolute Gasteiger partial charge is 0.254 e. The van der Waals surface area contributed by atoms with Gasteiger partial charge in [0.15, 0.2) is 0 Å². The number of hydrogen-bond donors (Lipinski definition) is 0. The summed E-state index contributed by atoms with van der Waals surface area (Å²) in [5.41, 5.74) is 0.789. The molecule has 0 aliphatic carbocycles. The molecule has 1 amide bonds. The lowest BCUT2D eigenvalue weighted by Gasteiger charge is -2.33. The number of likely N-dealkylation sites (tertiary alicyclic amines) is 1. The summed E-state index contributed by atoms with van der Waals surface area (Å²) in [6.07, 6.45) is 3.50. The van der Waals surface area contributed by atoms with Crippen molar-refractivity contribution >= 4 is 21.8 Å². The van der Waals surface area contributed by atoms with Crippen LogP contribution in [0.4, 0.5) is 0 Å². The number of carbonyl (C=O) groups is 1. The van der Waals surface area contributed by atoms with Crippen LogP contribution in [-0.2, 0) is 0 Å². The van der Waals surface area contributed by atoms with E-state index in [4.69, 9.17) is 0 Å². The molecule has 16 heavy (non-hydrogen) atoms. The molecule has 1 aliphatic heterocycles. The van der Waals surface area contributed by atoms with Gasteiger partial charge in [0.1, 0.15) is 0 Å². The Kier molecular flexibility index (Phi) is 3.64. The van der Waals surface area contributed by atoms with Gasteiger partial charge >= 0.3 is 0 Å². The summed E-state index contributed by atoms with van der Waals surface area (Å²) in [5.74, 6) is 0.166. The van der Waals surface area contributed by atoms with E-state index in [9.17, 15) is 4.79 Å². The number of amides is 1. The number of halogens is 1. The topological polar surface area (TPSA) is 20.3 Å². The largest absolute Gasteiger partial charge is 0.336 e. The van der Waals surface area contributed by atoms with Crippen molar-refractivity contribution < 1.29 is 4.79 Å². The Labute approximate surface area is 105 Å². The number of rotatable bonds is 1. The van der Waals surface area contributed by atoms with Gasteiger partial charge in [-0.1, -0.05) is 15.9 Å². The maximum Gasteiger partial charge on any atom is 0.254 e. The van der Waals surface area contributed by atoms with Crippen molar-refractivity contribution in [2.75, 3.05) is 6.54 Å². The molecule has 0 aromatic heterocycles. The van der Waals surface area contributed by atoms with E-state index < -0.39 is 0 Å². The van der Waals surface area contributed by atoms with E-state index in [2.05, 4.69) is 22.9 Å². The van der Waals surface area contributed by atoms with Crippen molar-refractivity contribution in [3.05, 3.63) is 34.3 Å². The quantitative estimate of drug-likeness (QED) is 0.772. The van der Waals surface area contributed by atoms with E-state index in [1.165, 1.54) is 6.42 Å². The lowest BCUT2D eigenvalue weighted by Crippen LogP contribution is -2.41. The van der Waals surface area contributed by atoms with Gasteiger partial charge in [-0.05, 0) is 50.5 Å². The van der Waals surface area contributed by atoms with Gasteiger partial charge in [0.2, 0.25) is 0 Å². The third-order valence-corrected chi connectivity index (χ3v) is 3.68. The highest BCUT2D eigenvalue weighted by molar-refractivity contribution is 9.10. The minimum Gasteiger partial charge on any atom is -0.336 e. The highest BCUT2D eigenvalue weighted by Gasteiger charge is 2.23. The SMILES string of the molecule is C[C@H]1CCCCN1C(=O)c1ccc(Br)cc1. The highest BCUT2D eigenvalue weighted by atomic mass is 79.9. The van der Waals surface area contributed by atoms with Crippen LogP contribution < -0.4 is 0 Å². The monoisotopic (exact) mass is 281 g/mol. The first-order valence-corrected chi connectivity index (χ1v) is 6.54. The predicted molar refractivity (Wildman–Crippen MR) is 68.5 cm³/mol. The Morgan fingerprint density at radius 2 is 2.00 bits per heavy atom. The van der Waals surface area contributed by atoms with Crippen LogP contribution in [0.5, 0.6) is 0 Å². The van der Waals surface area contributed by atoms with Gasteiger partial charge < -0.3 is 4.90 Å². The maximum atomic E-state index is 12.2. The molecule has 0 radical (unpaired) electrons. The van der Waals surface area contributed by atoms with Crippen LogP contribution in [-0.4, -0.2) is 23.4 Å². The molecule has 0 spiro atoms. The van der Waals surface area contributed by atoms with Crippen LogP contribution in [0.15, 0.2) is 28.7 Å². The molecule has 2 rings (SSSR count). The number of carbonyl (C=O) groups excluding carboxylic acids is 1. The third kappa shape index (κ3) is 2.46. The van der Waals surface area contributed by atoms with Gasteiger partial charge in [-0.3, -0.25) is 4.79 Å². The predicted octanol–water partition coefficient (Wildman–Crippen LogP) is 3.46. The summed E-state index contributed by atoms with van der Waals surface area (Å²) in [7, 11) is 0. The minimum atomic E-state index is 0.166. The standard InChI is InChI=1S/C13H16BrNO/c1-10-4-2-3-9-15(10)13(16)11-5-7-12(14)8-6-11/h5-8,10H,2-4,9H2,1H3/t10-/m0/s1. The molecule has 3 heteroatoms. The number of nitrogens with zero attached hydrogens (tertiary/aromatic N) is 1. The van der Waals surface area contributed by atoms with Gasteiger partial charge in [-0.2, -0.15) is 0 Å². The lowest BCUT2D eigenvalue weighted by molar-refractivity contribution is 0.0635. The number of piperidine rings is 1. The van der Waals surface area contributed by atoms with Crippen molar-refractivity contribution in [2.45, 2.75) is 32.2 Å². The van der Waals surface area contributed by atoms with Crippen LogP contribution in [0.3, 0.4) is 0 Å². The molecular formula is C13H16BrNO. The zero-order valence-corrected chi connectivity index (χ0v) is 11.0. The second-order valence-electron chi connectivity index (χ2n) is 4.35. The fourth-order valence-corrected chi connectivity index (χ4v) is 2.42. The average Bonchev–Trinajstić information content (AvgIpc) is 2.30. The molecule has 0 saturated carbocycles. The highest BCUT2D eigenvalue weighted by Crippen LogP contribution is 2.20. The van der Waals surface area contributed by atoms with Crippen LogP contribution >= 0.6 is 15.9 Å². The fraction of sp³-hybridized carbons (Fsp3) is 0.462. The molecule has 0 bridgehead atoms. The fourth-order valence-electron chi connectivity index (χ4n) is 2.16. The lowest BCUT2D eigenvalue weighted by atomic mass is 10.0. The first kappa shape index (κ1) is 11.6. The van der Waals surface area contributed by atoms with Crippen molar-refractivity contribution in [3.63, 3.8) is 0 Å². The second kappa shape index (κ2) is 5.00. The number of benzene rings is 1. The van der Waals surface area contributed by atoms with Gasteiger partial charge in [-0.15, -0.1) is 0 Å². The summed E-state index contributed by atoms with van der Waals surface area (Å²) in [5, 5.41) is 0. The van der Waals surface area contributed by atoms with Crippen LogP contribution in [0.1, 0.15) is 36.5 Å². The molecule has 1 atom stereocenters. The first-order valence-electron chi connectivity index (χ1n) is 5.75. The van der Waals surface area contributed by atoms with E-state index in [1.807, 2.05) is 29.2 Å². The van der Waals surface area contributed by atoms with Crippen LogP contribution in [0.25, 0.3) is 0 Å². The summed E-state index contributed by atoms with van der Waals surface area (Å²) >= 11 is 3.38. The van der Waals surface area contributed by atoms with Crippen molar-refractivity contribution in [1.82, 2.24) is 4.90 Å². The van der Waals surface area contributed by atoms with Crippen molar-refractivity contribution in [3.8, 4) is 0 Å². The zero-order chi connectivity index (χ0) is 11.5. The number of hydrogen-bond acceptors (Lipinski definition) is 1. The maximum absolute atomic E-state index is 12.2. The summed E-state index contributed by atoms with van der Waals surface area (Å²) in [4.78, 5) is 14.2. The Morgan fingerprint density at radius 1 is 1.31 bits per heavy atom. The van der Waals surface area contributed by atoms with Gasteiger partial charge in [0.05, 0.1) is 0 Å². The normalized spacial score (nSPS) is 20.9. The van der Waals surface area contributed by atoms with E-state index >= 15 is 0 Å². The molecule has 1 fully saturated rings. The Balaban J connectivity index is 2.14. The molecule has 86 valence electrons. The molecule has 2 nitrogen and oxygen atoms in total. The molecule has 0 N–H and O–H groups in total. The van der Waals surface area contributed by atoms with Gasteiger partial charge in [0, 0.05) is 22.6 Å².